The van der Waals surface area contributed by atoms with E-state index in [1.807, 2.05) is 0 Å². The van der Waals surface area contributed by atoms with Crippen LogP contribution in [0.2, 0.25) is 0 Å². The van der Waals surface area contributed by atoms with Crippen LogP contribution in [0.25, 0.3) is 0 Å². The number of nitrogens with zero attached hydrogens (tertiary/aromatic N) is 2. The zero-order valence-corrected chi connectivity index (χ0v) is 11.5. The van der Waals surface area contributed by atoms with Gasteiger partial charge < -0.3 is 14.8 Å². The van der Waals surface area contributed by atoms with Crippen molar-refractivity contribution in [3.63, 3.8) is 0 Å². The van der Waals surface area contributed by atoms with Gasteiger partial charge in [-0.15, -0.1) is 0 Å². The summed E-state index contributed by atoms with van der Waals surface area (Å²) in [5.74, 6) is 1.69. The average molecular weight is 289 g/mol. The van der Waals surface area contributed by atoms with Crippen LogP contribution in [0.1, 0.15) is 0 Å². The average Bonchev–Trinajstić information content (AvgIpc) is 2.52. The van der Waals surface area contributed by atoms with Crippen molar-refractivity contribution in [2.75, 3.05) is 25.6 Å². The number of benzene rings is 1. The Labute approximate surface area is 121 Å². The Bertz CT molecular complexity index is 601. The highest BCUT2D eigenvalue weighted by Gasteiger charge is 2.12. The molecule has 2 aromatic rings. The summed E-state index contributed by atoms with van der Waals surface area (Å²) in [5.41, 5.74) is -0.0538. The summed E-state index contributed by atoms with van der Waals surface area (Å²) in [6.45, 7) is 0.768. The predicted molar refractivity (Wildman–Crippen MR) is 77.9 cm³/mol. The van der Waals surface area contributed by atoms with Crippen LogP contribution in [-0.4, -0.2) is 30.2 Å². The van der Waals surface area contributed by atoms with E-state index in [2.05, 4.69) is 10.3 Å². The third kappa shape index (κ3) is 4.07. The fraction of sp³-hybridized carbons (Fsp3) is 0.214. The molecule has 0 spiro atoms. The molecule has 1 aromatic heterocycles. The Kier molecular flexibility index (Phi) is 4.92. The Balaban J connectivity index is 1.83. The molecule has 21 heavy (non-hydrogen) atoms. The standard InChI is InChI=1S/C14H15N3O4/c1-20-11-4-6-12(7-5-11)21-10-9-16-14-13(17(18)19)3-2-8-15-14/h2-8H,9-10H2,1H3,(H,15,16). The van der Waals surface area contributed by atoms with E-state index in [4.69, 9.17) is 9.47 Å². The van der Waals surface area contributed by atoms with Crippen molar-refractivity contribution in [2.45, 2.75) is 0 Å². The lowest BCUT2D eigenvalue weighted by Gasteiger charge is -2.08. The van der Waals surface area contributed by atoms with E-state index in [1.165, 1.54) is 18.3 Å². The van der Waals surface area contributed by atoms with Crippen LogP contribution in [0.15, 0.2) is 42.6 Å². The lowest BCUT2D eigenvalue weighted by atomic mass is 10.3. The zero-order valence-electron chi connectivity index (χ0n) is 11.5. The number of hydrogen-bond acceptors (Lipinski definition) is 6. The minimum absolute atomic E-state index is 0.0538. The molecule has 0 atom stereocenters. The maximum absolute atomic E-state index is 10.8. The van der Waals surface area contributed by atoms with Crippen LogP contribution in [0.3, 0.4) is 0 Å². The first kappa shape index (κ1) is 14.6. The van der Waals surface area contributed by atoms with Crippen molar-refractivity contribution in [2.24, 2.45) is 0 Å². The van der Waals surface area contributed by atoms with Crippen LogP contribution in [0.5, 0.6) is 11.5 Å². The monoisotopic (exact) mass is 289 g/mol. The molecule has 0 fully saturated rings. The first-order valence-corrected chi connectivity index (χ1v) is 6.31. The predicted octanol–water partition coefficient (Wildman–Crippen LogP) is 2.49. The van der Waals surface area contributed by atoms with Gasteiger partial charge in [-0.3, -0.25) is 10.1 Å². The highest BCUT2D eigenvalue weighted by atomic mass is 16.6. The van der Waals surface area contributed by atoms with Crippen LogP contribution in [0.4, 0.5) is 11.5 Å². The van der Waals surface area contributed by atoms with Gasteiger partial charge in [0.15, 0.2) is 0 Å². The highest BCUT2D eigenvalue weighted by molar-refractivity contribution is 5.54. The first-order valence-electron chi connectivity index (χ1n) is 6.31. The van der Waals surface area contributed by atoms with Crippen molar-refractivity contribution < 1.29 is 14.4 Å². The van der Waals surface area contributed by atoms with Gasteiger partial charge in [-0.25, -0.2) is 4.98 Å². The van der Waals surface area contributed by atoms with Gasteiger partial charge in [0.05, 0.1) is 18.6 Å². The van der Waals surface area contributed by atoms with Crippen LogP contribution in [-0.2, 0) is 0 Å². The maximum Gasteiger partial charge on any atom is 0.311 e. The molecule has 0 saturated heterocycles. The van der Waals surface area contributed by atoms with Gasteiger partial charge in [0.2, 0.25) is 5.82 Å². The molecule has 1 N–H and O–H groups in total. The number of pyridine rings is 1. The van der Waals surface area contributed by atoms with Gasteiger partial charge in [0.25, 0.3) is 0 Å². The largest absolute Gasteiger partial charge is 0.497 e. The van der Waals surface area contributed by atoms with Gasteiger partial charge >= 0.3 is 5.69 Å². The molecule has 110 valence electrons. The molecule has 0 bridgehead atoms. The molecule has 7 heteroatoms. The molecule has 0 aliphatic heterocycles. The summed E-state index contributed by atoms with van der Waals surface area (Å²) in [5, 5.41) is 13.7. The van der Waals surface area contributed by atoms with Gasteiger partial charge in [-0.2, -0.15) is 0 Å². The van der Waals surface area contributed by atoms with E-state index in [-0.39, 0.29) is 11.5 Å². The summed E-state index contributed by atoms with van der Waals surface area (Å²) in [6, 6.07) is 10.1. The zero-order chi connectivity index (χ0) is 15.1. The van der Waals surface area contributed by atoms with Crippen molar-refractivity contribution in [1.82, 2.24) is 4.98 Å². The SMILES string of the molecule is COc1ccc(OCCNc2ncccc2[N+](=O)[O-])cc1. The summed E-state index contributed by atoms with van der Waals surface area (Å²) in [4.78, 5) is 14.3. The third-order valence-electron chi connectivity index (χ3n) is 2.71. The Morgan fingerprint density at radius 2 is 1.95 bits per heavy atom. The second kappa shape index (κ2) is 7.09. The van der Waals surface area contributed by atoms with E-state index in [0.29, 0.717) is 18.9 Å². The van der Waals surface area contributed by atoms with Crippen molar-refractivity contribution in [3.8, 4) is 11.5 Å². The number of aromatic nitrogens is 1. The minimum Gasteiger partial charge on any atom is -0.497 e. The number of methoxy groups -OCH3 is 1. The molecule has 0 aliphatic rings. The quantitative estimate of drug-likeness (QED) is 0.479. The summed E-state index contributed by atoms with van der Waals surface area (Å²) in [7, 11) is 1.60. The van der Waals surface area contributed by atoms with E-state index in [0.717, 1.165) is 5.75 Å². The summed E-state index contributed by atoms with van der Waals surface area (Å²) >= 11 is 0. The molecule has 0 aliphatic carbocycles. The number of rotatable bonds is 7. The summed E-state index contributed by atoms with van der Waals surface area (Å²) in [6.07, 6.45) is 1.50. The van der Waals surface area contributed by atoms with Crippen LogP contribution in [0, 0.1) is 10.1 Å². The van der Waals surface area contributed by atoms with Crippen molar-refractivity contribution in [1.29, 1.82) is 0 Å². The molecule has 1 aromatic carbocycles. The van der Waals surface area contributed by atoms with Gasteiger partial charge in [0.1, 0.15) is 18.1 Å². The maximum atomic E-state index is 10.8. The van der Waals surface area contributed by atoms with Crippen molar-refractivity contribution >= 4 is 11.5 Å². The molecule has 0 unspecified atom stereocenters. The Hall–Kier alpha value is -2.83. The van der Waals surface area contributed by atoms with Gasteiger partial charge in [-0.1, -0.05) is 0 Å². The molecule has 7 nitrogen and oxygen atoms in total. The molecule has 0 radical (unpaired) electrons. The third-order valence-corrected chi connectivity index (χ3v) is 2.71. The van der Waals surface area contributed by atoms with E-state index in [1.54, 1.807) is 31.4 Å². The van der Waals surface area contributed by atoms with E-state index >= 15 is 0 Å². The van der Waals surface area contributed by atoms with Crippen LogP contribution < -0.4 is 14.8 Å². The number of ether oxygens (including phenoxy) is 2. The second-order valence-electron chi connectivity index (χ2n) is 4.08. The number of anilines is 1. The second-order valence-corrected chi connectivity index (χ2v) is 4.08. The molecule has 0 saturated carbocycles. The molecular formula is C14H15N3O4. The smallest absolute Gasteiger partial charge is 0.311 e. The lowest BCUT2D eigenvalue weighted by Crippen LogP contribution is -2.13. The Morgan fingerprint density at radius 3 is 2.62 bits per heavy atom. The summed E-state index contributed by atoms with van der Waals surface area (Å²) < 4.78 is 10.6. The van der Waals surface area contributed by atoms with Gasteiger partial charge in [0, 0.05) is 12.3 Å². The number of nitrogens with one attached hydrogen (secondary N) is 1. The van der Waals surface area contributed by atoms with Gasteiger partial charge in [-0.05, 0) is 30.3 Å². The minimum atomic E-state index is -0.473. The molecular weight excluding hydrogens is 274 g/mol. The lowest BCUT2D eigenvalue weighted by molar-refractivity contribution is -0.384. The highest BCUT2D eigenvalue weighted by Crippen LogP contribution is 2.20. The van der Waals surface area contributed by atoms with E-state index in [9.17, 15) is 10.1 Å². The molecule has 0 amide bonds. The van der Waals surface area contributed by atoms with Crippen molar-refractivity contribution in [3.05, 3.63) is 52.7 Å². The first-order chi connectivity index (χ1) is 10.2. The topological polar surface area (TPSA) is 86.5 Å². The molecule has 1 heterocycles. The normalized spacial score (nSPS) is 9.95. The Morgan fingerprint density at radius 1 is 1.24 bits per heavy atom. The fourth-order valence-corrected chi connectivity index (χ4v) is 1.69. The number of hydrogen-bond donors (Lipinski definition) is 1. The molecule has 2 rings (SSSR count). The van der Waals surface area contributed by atoms with E-state index < -0.39 is 4.92 Å². The fourth-order valence-electron chi connectivity index (χ4n) is 1.69. The van der Waals surface area contributed by atoms with Crippen LogP contribution >= 0.6 is 0 Å². The number of nitro groups is 1.